The highest BCUT2D eigenvalue weighted by Gasteiger charge is 2.40. The van der Waals surface area contributed by atoms with Crippen LogP contribution in [0.15, 0.2) is 18.5 Å². The van der Waals surface area contributed by atoms with E-state index < -0.39 is 0 Å². The number of Topliss-reactive ketones (excluding diaryl/α,β-unsaturated/α-hetero) is 1. The van der Waals surface area contributed by atoms with E-state index in [2.05, 4.69) is 15.6 Å². The maximum absolute atomic E-state index is 13.0. The maximum Gasteiger partial charge on any atom is 0.138 e. The summed E-state index contributed by atoms with van der Waals surface area (Å²) in [5.74, 6) is 0.350. The summed E-state index contributed by atoms with van der Waals surface area (Å²) < 4.78 is 7.31. The van der Waals surface area contributed by atoms with Gasteiger partial charge in [0, 0.05) is 43.8 Å². The van der Waals surface area contributed by atoms with Crippen LogP contribution in [0.25, 0.3) is 20.8 Å². The number of thiazole rings is 1. The minimum Gasteiger partial charge on any atom is -0.378 e. The number of piperidine rings is 1. The molecule has 0 bridgehead atoms. The smallest absolute Gasteiger partial charge is 0.138 e. The van der Waals surface area contributed by atoms with Crippen molar-refractivity contribution in [1.29, 1.82) is 0 Å². The lowest BCUT2D eigenvalue weighted by Gasteiger charge is -2.32. The van der Waals surface area contributed by atoms with Crippen LogP contribution < -0.4 is 10.6 Å². The van der Waals surface area contributed by atoms with Crippen LogP contribution in [-0.2, 0) is 28.9 Å². The third-order valence-electron chi connectivity index (χ3n) is 7.94. The summed E-state index contributed by atoms with van der Waals surface area (Å²) in [4.78, 5) is 24.7. The van der Waals surface area contributed by atoms with Crippen molar-refractivity contribution in [2.45, 2.75) is 70.4 Å². The standard InChI is InChI=1S/C27H34N4O2S2.2H2/c32-18(3-1-2-4-19-14-27(17-33-19)7-11-28-12-8-27)13-23-25(20-5-9-30-16-24(20)34-23)26-31-21-15-29-10-6-22(21)35-26;;/h6,10,15,19,28,30H,1-5,7-9,11-14,16-17H2;2*1H/t19-;;/m0../s1. The van der Waals surface area contributed by atoms with Crippen LogP contribution in [0, 0.1) is 5.41 Å². The van der Waals surface area contributed by atoms with Gasteiger partial charge < -0.3 is 15.4 Å². The largest absolute Gasteiger partial charge is 0.378 e. The fourth-order valence-corrected chi connectivity index (χ4v) is 8.45. The first-order valence-corrected chi connectivity index (χ1v) is 14.7. The normalized spacial score (nSPS) is 21.5. The predicted octanol–water partition coefficient (Wildman–Crippen LogP) is 5.39. The monoisotopic (exact) mass is 514 g/mol. The Morgan fingerprint density at radius 3 is 3.00 bits per heavy atom. The van der Waals surface area contributed by atoms with E-state index in [1.165, 1.54) is 40.1 Å². The molecule has 6 nitrogen and oxygen atoms in total. The number of nitrogens with one attached hydrogen (secondary N) is 2. The third kappa shape index (κ3) is 5.09. The first-order chi connectivity index (χ1) is 17.2. The summed E-state index contributed by atoms with van der Waals surface area (Å²) in [5, 5.41) is 8.00. The zero-order valence-corrected chi connectivity index (χ0v) is 21.9. The lowest BCUT2D eigenvalue weighted by atomic mass is 9.77. The number of fused-ring (bicyclic) bond motifs is 2. The molecule has 3 aromatic rings. The van der Waals surface area contributed by atoms with Gasteiger partial charge >= 0.3 is 0 Å². The molecule has 6 rings (SSSR count). The number of aromatic nitrogens is 2. The summed E-state index contributed by atoms with van der Waals surface area (Å²) in [6.45, 7) is 5.07. The Labute approximate surface area is 217 Å². The lowest BCUT2D eigenvalue weighted by Crippen LogP contribution is -2.37. The van der Waals surface area contributed by atoms with Gasteiger partial charge in [0.2, 0.25) is 0 Å². The molecule has 8 heteroatoms. The van der Waals surface area contributed by atoms with Crippen molar-refractivity contribution < 1.29 is 12.4 Å². The Morgan fingerprint density at radius 1 is 1.20 bits per heavy atom. The second kappa shape index (κ2) is 10.3. The number of unbranched alkanes of at least 4 members (excludes halogenated alkanes) is 1. The van der Waals surface area contributed by atoms with Crippen molar-refractivity contribution in [2.75, 3.05) is 26.2 Å². The summed E-state index contributed by atoms with van der Waals surface area (Å²) in [6.07, 6.45) is 13.1. The average Bonchev–Trinajstić information content (AvgIpc) is 3.57. The van der Waals surface area contributed by atoms with E-state index in [9.17, 15) is 4.79 Å². The SMILES string of the molecule is O=C(CCCC[C@H]1CC2(CCNCC2)CO1)Cc1sc2c(c1-c1nc3cnccc3s1)CCNC2.[HH].[HH]. The van der Waals surface area contributed by atoms with Crippen LogP contribution in [0.2, 0.25) is 0 Å². The molecule has 35 heavy (non-hydrogen) atoms. The van der Waals surface area contributed by atoms with E-state index in [0.29, 0.717) is 30.1 Å². The van der Waals surface area contributed by atoms with Gasteiger partial charge in [-0.1, -0.05) is 6.42 Å². The van der Waals surface area contributed by atoms with Crippen molar-refractivity contribution in [3.63, 3.8) is 0 Å². The summed E-state index contributed by atoms with van der Waals surface area (Å²) in [5.41, 5.74) is 3.99. The molecule has 1 atom stereocenters. The molecule has 6 heterocycles. The molecular weight excluding hydrogens is 476 g/mol. The van der Waals surface area contributed by atoms with Crippen LogP contribution in [0.3, 0.4) is 0 Å². The zero-order valence-electron chi connectivity index (χ0n) is 20.2. The molecule has 0 unspecified atom stereocenters. The van der Waals surface area contributed by atoms with Crippen molar-refractivity contribution in [3.8, 4) is 10.6 Å². The van der Waals surface area contributed by atoms with E-state index in [-0.39, 0.29) is 2.85 Å². The molecule has 0 aromatic carbocycles. The summed E-state index contributed by atoms with van der Waals surface area (Å²) >= 11 is 3.53. The van der Waals surface area contributed by atoms with Crippen molar-refractivity contribution >= 4 is 38.7 Å². The molecule has 2 N–H and O–H groups in total. The molecule has 1 spiro atoms. The van der Waals surface area contributed by atoms with E-state index >= 15 is 0 Å². The number of hydrogen-bond donors (Lipinski definition) is 2. The van der Waals surface area contributed by atoms with Gasteiger partial charge in [-0.3, -0.25) is 9.78 Å². The van der Waals surface area contributed by atoms with Crippen LogP contribution >= 0.6 is 22.7 Å². The summed E-state index contributed by atoms with van der Waals surface area (Å²) in [6, 6.07) is 2.03. The van der Waals surface area contributed by atoms with Gasteiger partial charge in [0.15, 0.2) is 0 Å². The van der Waals surface area contributed by atoms with Gasteiger partial charge in [-0.2, -0.15) is 0 Å². The minimum absolute atomic E-state index is 0. The fourth-order valence-electron chi connectivity index (χ4n) is 6.00. The van der Waals surface area contributed by atoms with Crippen molar-refractivity contribution in [2.24, 2.45) is 5.41 Å². The lowest BCUT2D eigenvalue weighted by molar-refractivity contribution is -0.118. The fraction of sp³-hybridized carbons (Fsp3) is 0.593. The zero-order chi connectivity index (χ0) is 23.7. The van der Waals surface area contributed by atoms with Crippen molar-refractivity contribution in [3.05, 3.63) is 33.8 Å². The maximum atomic E-state index is 13.0. The molecule has 3 aliphatic rings. The van der Waals surface area contributed by atoms with E-state index in [0.717, 1.165) is 73.7 Å². The number of ketones is 1. The van der Waals surface area contributed by atoms with Gasteiger partial charge in [0.05, 0.1) is 23.6 Å². The van der Waals surface area contributed by atoms with Gasteiger partial charge in [-0.25, -0.2) is 4.98 Å². The molecule has 0 radical (unpaired) electrons. The molecule has 0 amide bonds. The molecule has 0 saturated carbocycles. The number of carbonyl (C=O) groups excluding carboxylic acids is 1. The van der Waals surface area contributed by atoms with Gasteiger partial charge in [-0.15, -0.1) is 22.7 Å². The molecule has 0 aliphatic carbocycles. The van der Waals surface area contributed by atoms with Crippen LogP contribution in [-0.4, -0.2) is 48.1 Å². The van der Waals surface area contributed by atoms with Gasteiger partial charge in [0.1, 0.15) is 16.3 Å². The van der Waals surface area contributed by atoms with Crippen molar-refractivity contribution in [1.82, 2.24) is 20.6 Å². The number of ether oxygens (including phenoxy) is 1. The highest BCUT2D eigenvalue weighted by molar-refractivity contribution is 7.22. The van der Waals surface area contributed by atoms with Gasteiger partial charge in [0.25, 0.3) is 0 Å². The highest BCUT2D eigenvalue weighted by atomic mass is 32.1. The average molecular weight is 515 g/mol. The highest BCUT2D eigenvalue weighted by Crippen LogP contribution is 2.43. The number of pyridine rings is 1. The number of thiophene rings is 1. The molecule has 3 aromatic heterocycles. The number of carbonyl (C=O) groups is 1. The second-order valence-electron chi connectivity index (χ2n) is 10.4. The quantitative estimate of drug-likeness (QED) is 0.393. The Morgan fingerprint density at radius 2 is 2.11 bits per heavy atom. The first-order valence-electron chi connectivity index (χ1n) is 13.1. The Hall–Kier alpha value is -1.71. The topological polar surface area (TPSA) is 76.1 Å². The van der Waals surface area contributed by atoms with Crippen LogP contribution in [0.4, 0.5) is 0 Å². The third-order valence-corrected chi connectivity index (χ3v) is 10.2. The van der Waals surface area contributed by atoms with Crippen LogP contribution in [0.1, 0.15) is 63.1 Å². The second-order valence-corrected chi connectivity index (χ2v) is 12.7. The molecule has 2 saturated heterocycles. The van der Waals surface area contributed by atoms with E-state index in [4.69, 9.17) is 9.72 Å². The Bertz CT molecular complexity index is 1180. The van der Waals surface area contributed by atoms with E-state index in [1.54, 1.807) is 11.3 Å². The molecule has 2 fully saturated rings. The van der Waals surface area contributed by atoms with Gasteiger partial charge in [-0.05, 0) is 75.2 Å². The molecular formula is C27H38N4O2S2. The van der Waals surface area contributed by atoms with Crippen LogP contribution in [0.5, 0.6) is 0 Å². The minimum atomic E-state index is 0. The predicted molar refractivity (Wildman–Crippen MR) is 146 cm³/mol. The Balaban J connectivity index is 0.00000160. The Kier molecular flexibility index (Phi) is 7.00. The number of hydrogen-bond acceptors (Lipinski definition) is 8. The molecule has 190 valence electrons. The first kappa shape index (κ1) is 23.7. The number of nitrogens with zero attached hydrogens (tertiary/aromatic N) is 2. The molecule has 3 aliphatic heterocycles. The summed E-state index contributed by atoms with van der Waals surface area (Å²) in [7, 11) is 0. The van der Waals surface area contributed by atoms with E-state index in [1.807, 2.05) is 29.8 Å². The number of rotatable bonds is 8.